The number of hydrogen-bond acceptors (Lipinski definition) is 6. The fraction of sp³-hybridized carbons (Fsp3) is 0.407. The molecular formula is C27H35N3O6. The molecule has 194 valence electrons. The minimum absolute atomic E-state index is 0.177. The van der Waals surface area contributed by atoms with Gasteiger partial charge < -0.3 is 25.4 Å². The second kappa shape index (κ2) is 13.3. The number of alkyl carbamates (subject to hydrolysis) is 1. The lowest BCUT2D eigenvalue weighted by Gasteiger charge is -2.25. The van der Waals surface area contributed by atoms with Crippen molar-refractivity contribution in [3.63, 3.8) is 0 Å². The standard InChI is InChI=1S/C27H35N3O6/c1-18(28-26(34)36-27(2,3)4)23(31)29-21(16-19-12-8-6-9-13-19)24(32)30-22(25(33)35-5)17-20-14-10-7-11-15-20/h6-15,18,21-22H,16-17H2,1-5H3,(H,28,34)(H,29,31)(H,30,32)/t18-,21+,22+/m1/s1. The molecule has 0 aliphatic heterocycles. The summed E-state index contributed by atoms with van der Waals surface area (Å²) in [4.78, 5) is 50.6. The van der Waals surface area contributed by atoms with Crippen molar-refractivity contribution in [2.75, 3.05) is 7.11 Å². The monoisotopic (exact) mass is 497 g/mol. The normalized spacial score (nSPS) is 13.5. The maximum atomic E-state index is 13.3. The number of nitrogens with one attached hydrogen (secondary N) is 3. The largest absolute Gasteiger partial charge is 0.467 e. The van der Waals surface area contributed by atoms with Crippen molar-refractivity contribution >= 4 is 23.9 Å². The predicted octanol–water partition coefficient (Wildman–Crippen LogP) is 2.53. The first-order valence-corrected chi connectivity index (χ1v) is 11.7. The number of amides is 3. The third-order valence-electron chi connectivity index (χ3n) is 5.13. The Balaban J connectivity index is 2.16. The SMILES string of the molecule is COC(=O)[C@H](Cc1ccccc1)NC(=O)[C@H](Cc1ccccc1)NC(=O)[C@@H](C)NC(=O)OC(C)(C)C. The molecule has 0 bridgehead atoms. The van der Waals surface area contributed by atoms with E-state index in [0.717, 1.165) is 11.1 Å². The average Bonchev–Trinajstić information content (AvgIpc) is 2.82. The molecule has 0 aliphatic rings. The third-order valence-corrected chi connectivity index (χ3v) is 5.13. The minimum atomic E-state index is -1.01. The second-order valence-corrected chi connectivity index (χ2v) is 9.39. The average molecular weight is 498 g/mol. The number of carbonyl (C=O) groups excluding carboxylic acids is 4. The van der Waals surface area contributed by atoms with Crippen LogP contribution >= 0.6 is 0 Å². The molecule has 0 unspecified atom stereocenters. The van der Waals surface area contributed by atoms with E-state index in [1.165, 1.54) is 14.0 Å². The van der Waals surface area contributed by atoms with Crippen LogP contribution in [0.15, 0.2) is 60.7 Å². The summed E-state index contributed by atoms with van der Waals surface area (Å²) in [6.45, 7) is 6.63. The van der Waals surface area contributed by atoms with Crippen LogP contribution in [0, 0.1) is 0 Å². The lowest BCUT2D eigenvalue weighted by Crippen LogP contribution is -2.56. The van der Waals surface area contributed by atoms with Crippen LogP contribution in [0.1, 0.15) is 38.8 Å². The van der Waals surface area contributed by atoms with Gasteiger partial charge in [-0.3, -0.25) is 9.59 Å². The van der Waals surface area contributed by atoms with Crippen molar-refractivity contribution in [1.29, 1.82) is 0 Å². The van der Waals surface area contributed by atoms with Crippen LogP contribution in [0.25, 0.3) is 0 Å². The molecule has 2 aromatic carbocycles. The summed E-state index contributed by atoms with van der Waals surface area (Å²) >= 11 is 0. The maximum Gasteiger partial charge on any atom is 0.408 e. The molecule has 2 aromatic rings. The zero-order chi connectivity index (χ0) is 26.7. The zero-order valence-electron chi connectivity index (χ0n) is 21.4. The molecule has 9 heteroatoms. The Morgan fingerprint density at radius 3 is 1.69 bits per heavy atom. The van der Waals surface area contributed by atoms with Crippen LogP contribution in [0.3, 0.4) is 0 Å². The molecule has 3 amide bonds. The van der Waals surface area contributed by atoms with Gasteiger partial charge >= 0.3 is 12.1 Å². The van der Waals surface area contributed by atoms with Crippen LogP contribution in [0.2, 0.25) is 0 Å². The molecule has 0 aliphatic carbocycles. The fourth-order valence-corrected chi connectivity index (χ4v) is 3.36. The highest BCUT2D eigenvalue weighted by Crippen LogP contribution is 2.09. The summed E-state index contributed by atoms with van der Waals surface area (Å²) in [6, 6.07) is 15.4. The maximum absolute atomic E-state index is 13.3. The lowest BCUT2D eigenvalue weighted by molar-refractivity contribution is -0.145. The van der Waals surface area contributed by atoms with Crippen LogP contribution in [-0.2, 0) is 36.7 Å². The first-order valence-electron chi connectivity index (χ1n) is 11.7. The van der Waals surface area contributed by atoms with Gasteiger partial charge in [0.2, 0.25) is 11.8 Å². The number of ether oxygens (including phenoxy) is 2. The summed E-state index contributed by atoms with van der Waals surface area (Å²) in [7, 11) is 1.25. The number of rotatable bonds is 10. The second-order valence-electron chi connectivity index (χ2n) is 9.39. The third kappa shape index (κ3) is 9.77. The number of hydrogen-bond donors (Lipinski definition) is 3. The summed E-state index contributed by atoms with van der Waals surface area (Å²) < 4.78 is 10.1. The zero-order valence-corrected chi connectivity index (χ0v) is 21.4. The van der Waals surface area contributed by atoms with E-state index >= 15 is 0 Å². The van der Waals surface area contributed by atoms with E-state index in [9.17, 15) is 19.2 Å². The van der Waals surface area contributed by atoms with Gasteiger partial charge in [0.05, 0.1) is 7.11 Å². The highest BCUT2D eigenvalue weighted by molar-refractivity contribution is 5.93. The Morgan fingerprint density at radius 2 is 1.22 bits per heavy atom. The van der Waals surface area contributed by atoms with Crippen molar-refractivity contribution in [2.24, 2.45) is 0 Å². The molecule has 0 saturated heterocycles. The van der Waals surface area contributed by atoms with Crippen molar-refractivity contribution < 1.29 is 28.7 Å². The first kappa shape index (κ1) is 28.4. The van der Waals surface area contributed by atoms with E-state index < -0.39 is 47.6 Å². The summed E-state index contributed by atoms with van der Waals surface area (Å²) in [6.07, 6.45) is -0.346. The highest BCUT2D eigenvalue weighted by atomic mass is 16.6. The smallest absolute Gasteiger partial charge is 0.408 e. The molecule has 0 radical (unpaired) electrons. The predicted molar refractivity (Wildman–Crippen MR) is 135 cm³/mol. The Morgan fingerprint density at radius 1 is 0.750 bits per heavy atom. The van der Waals surface area contributed by atoms with E-state index in [1.54, 1.807) is 20.8 Å². The molecular weight excluding hydrogens is 462 g/mol. The molecule has 0 fully saturated rings. The van der Waals surface area contributed by atoms with Gasteiger partial charge in [-0.25, -0.2) is 9.59 Å². The van der Waals surface area contributed by atoms with Crippen LogP contribution in [-0.4, -0.2) is 54.7 Å². The Labute approximate surface area is 211 Å². The summed E-state index contributed by atoms with van der Waals surface area (Å²) in [5.41, 5.74) is 0.924. The van der Waals surface area contributed by atoms with Gasteiger partial charge in [0, 0.05) is 12.8 Å². The van der Waals surface area contributed by atoms with Crippen molar-refractivity contribution in [3.05, 3.63) is 71.8 Å². The van der Waals surface area contributed by atoms with Gasteiger partial charge in [-0.1, -0.05) is 60.7 Å². The molecule has 2 rings (SSSR count). The topological polar surface area (TPSA) is 123 Å². The van der Waals surface area contributed by atoms with Gasteiger partial charge in [-0.05, 0) is 38.8 Å². The van der Waals surface area contributed by atoms with Gasteiger partial charge in [0.25, 0.3) is 0 Å². The minimum Gasteiger partial charge on any atom is -0.467 e. The molecule has 3 atom stereocenters. The molecule has 0 aromatic heterocycles. The Hall–Kier alpha value is -3.88. The number of methoxy groups -OCH3 is 1. The molecule has 36 heavy (non-hydrogen) atoms. The quantitative estimate of drug-likeness (QED) is 0.434. The van der Waals surface area contributed by atoms with E-state index in [1.807, 2.05) is 60.7 Å². The summed E-state index contributed by atoms with van der Waals surface area (Å²) in [5, 5.41) is 7.86. The van der Waals surface area contributed by atoms with E-state index in [2.05, 4.69) is 16.0 Å². The molecule has 0 heterocycles. The summed E-state index contributed by atoms with van der Waals surface area (Å²) in [5.74, 6) is -1.73. The number of esters is 1. The lowest BCUT2D eigenvalue weighted by atomic mass is 10.0. The fourth-order valence-electron chi connectivity index (χ4n) is 3.36. The highest BCUT2D eigenvalue weighted by Gasteiger charge is 2.29. The number of benzene rings is 2. The van der Waals surface area contributed by atoms with Crippen LogP contribution in [0.4, 0.5) is 4.79 Å². The van der Waals surface area contributed by atoms with Crippen molar-refractivity contribution in [1.82, 2.24) is 16.0 Å². The van der Waals surface area contributed by atoms with Gasteiger partial charge in [0.1, 0.15) is 23.7 Å². The van der Waals surface area contributed by atoms with Gasteiger partial charge in [-0.15, -0.1) is 0 Å². The van der Waals surface area contributed by atoms with Crippen LogP contribution in [0.5, 0.6) is 0 Å². The molecule has 0 spiro atoms. The van der Waals surface area contributed by atoms with E-state index in [4.69, 9.17) is 9.47 Å². The van der Waals surface area contributed by atoms with E-state index in [0.29, 0.717) is 0 Å². The Bertz CT molecular complexity index is 1020. The van der Waals surface area contributed by atoms with Gasteiger partial charge in [-0.2, -0.15) is 0 Å². The van der Waals surface area contributed by atoms with Gasteiger partial charge in [0.15, 0.2) is 0 Å². The van der Waals surface area contributed by atoms with Crippen molar-refractivity contribution in [2.45, 2.75) is 64.3 Å². The molecule has 0 saturated carbocycles. The van der Waals surface area contributed by atoms with Crippen LogP contribution < -0.4 is 16.0 Å². The Kier molecular flexibility index (Phi) is 10.5. The first-order chi connectivity index (χ1) is 17.0. The van der Waals surface area contributed by atoms with Crippen molar-refractivity contribution in [3.8, 4) is 0 Å². The number of carbonyl (C=O) groups is 4. The molecule has 9 nitrogen and oxygen atoms in total. The van der Waals surface area contributed by atoms with E-state index in [-0.39, 0.29) is 12.8 Å². The molecule has 3 N–H and O–H groups in total.